The molecule has 268 valence electrons. The van der Waals surface area contributed by atoms with E-state index in [0.717, 1.165) is 47.2 Å². The molecule has 4 radical (unpaired) electrons. The Bertz CT molecular complexity index is 1070. The fourth-order valence-electron chi connectivity index (χ4n) is 3.61. The number of hydrogen-bond donors (Lipinski definition) is 0. The van der Waals surface area contributed by atoms with Crippen molar-refractivity contribution in [3.8, 4) is 0 Å². The van der Waals surface area contributed by atoms with Crippen LogP contribution in [0.25, 0.3) is 0 Å². The van der Waals surface area contributed by atoms with Crippen LogP contribution in [0.4, 0.5) is 0 Å². The molecule has 0 aromatic heterocycles. The Hall–Kier alpha value is -3.40. The molecule has 0 atom stereocenters. The minimum Gasteiger partial charge on any atom is -0.545 e. The molecule has 0 N–H and O–H groups in total. The molecule has 0 fully saturated rings. The van der Waals surface area contributed by atoms with E-state index in [1.54, 1.807) is 0 Å². The van der Waals surface area contributed by atoms with Crippen LogP contribution in [-0.4, -0.2) is 47.8 Å². The van der Waals surface area contributed by atoms with Crippen molar-refractivity contribution in [1.82, 2.24) is 0 Å². The zero-order valence-electron chi connectivity index (χ0n) is 30.0. The molecule has 0 aliphatic heterocycles. The topological polar surface area (TPSA) is 133 Å². The molecular weight excluding hydrogens is 727 g/mol. The van der Waals surface area contributed by atoms with Gasteiger partial charge in [0.1, 0.15) is 13.2 Å². The van der Waals surface area contributed by atoms with E-state index in [0.29, 0.717) is 12.2 Å². The number of hydrogen-bond acceptors (Lipinski definition) is 8. The Morgan fingerprint density at radius 1 is 0.551 bits per heavy atom. The van der Waals surface area contributed by atoms with Gasteiger partial charge in [0.05, 0.1) is 11.9 Å². The fraction of sp³-hybridized carbons (Fsp3) is 0.450. The predicted molar refractivity (Wildman–Crippen MR) is 193 cm³/mol. The third-order valence-corrected chi connectivity index (χ3v) is 6.42. The van der Waals surface area contributed by atoms with Crippen molar-refractivity contribution in [3.05, 3.63) is 109 Å². The fourth-order valence-corrected chi connectivity index (χ4v) is 3.61. The monoisotopic (exact) mass is 784 g/mol. The largest absolute Gasteiger partial charge is 2.00 e. The number of ether oxygens (including phenoxy) is 2. The smallest absolute Gasteiger partial charge is 0.545 e. The molecule has 0 aliphatic carbocycles. The number of benzene rings is 2. The summed E-state index contributed by atoms with van der Waals surface area (Å²) in [4.78, 5) is 42.0. The summed E-state index contributed by atoms with van der Waals surface area (Å²) in [5, 5.41) is 20.0. The van der Waals surface area contributed by atoms with Crippen molar-refractivity contribution >= 4 is 47.8 Å². The summed E-state index contributed by atoms with van der Waals surface area (Å²) in [6, 6.07) is 15.0. The molecule has 2 aromatic rings. The van der Waals surface area contributed by atoms with Gasteiger partial charge in [-0.15, -0.1) is 0 Å². The van der Waals surface area contributed by atoms with E-state index in [2.05, 4.69) is 27.7 Å². The van der Waals surface area contributed by atoms with E-state index < -0.39 is 23.9 Å². The molecule has 0 heterocycles. The second-order valence-electron chi connectivity index (χ2n) is 11.0. The number of carbonyl (C=O) groups excluding carboxylic acids is 4. The second kappa shape index (κ2) is 35.9. The van der Waals surface area contributed by atoms with Crippen LogP contribution in [0.1, 0.15) is 113 Å². The maximum Gasteiger partial charge on any atom is 2.00 e. The Morgan fingerprint density at radius 2 is 0.857 bits per heavy atom. The minimum atomic E-state index is -1.42. The molecule has 0 aliphatic rings. The summed E-state index contributed by atoms with van der Waals surface area (Å²) in [6.07, 6.45) is 18.9. The van der Waals surface area contributed by atoms with Crippen molar-refractivity contribution in [2.45, 2.75) is 118 Å². The van der Waals surface area contributed by atoms with E-state index in [9.17, 15) is 29.4 Å². The molecule has 0 amide bonds. The van der Waals surface area contributed by atoms with Crippen molar-refractivity contribution in [2.24, 2.45) is 0 Å². The molecule has 9 heteroatoms. The Kier molecular flexibility index (Phi) is 36.6. The first-order valence-electron chi connectivity index (χ1n) is 16.8. The first-order valence-corrected chi connectivity index (χ1v) is 16.8. The van der Waals surface area contributed by atoms with Crippen LogP contribution < -0.4 is 10.2 Å². The zero-order valence-corrected chi connectivity index (χ0v) is 32.9. The molecule has 2 aromatic carbocycles. The molecule has 0 saturated carbocycles. The first-order chi connectivity index (χ1) is 23.0. The van der Waals surface area contributed by atoms with Crippen molar-refractivity contribution in [1.29, 1.82) is 0 Å². The van der Waals surface area contributed by atoms with Crippen LogP contribution in [0.15, 0.2) is 72.8 Å². The Labute approximate surface area is 312 Å². The van der Waals surface area contributed by atoms with Gasteiger partial charge in [0.15, 0.2) is 0 Å². The maximum absolute atomic E-state index is 11.0. The van der Waals surface area contributed by atoms with Crippen molar-refractivity contribution in [3.63, 3.8) is 0 Å². The van der Waals surface area contributed by atoms with Crippen LogP contribution in [0.3, 0.4) is 0 Å². The number of rotatable bonds is 18. The molecule has 0 spiro atoms. The van der Waals surface area contributed by atoms with Gasteiger partial charge in [-0.25, -0.2) is 9.59 Å². The van der Waals surface area contributed by atoms with Crippen molar-refractivity contribution in [2.75, 3.05) is 0 Å². The van der Waals surface area contributed by atoms with Gasteiger partial charge in [-0.05, 0) is 37.1 Å². The van der Waals surface area contributed by atoms with Gasteiger partial charge in [-0.3, -0.25) is 0 Å². The third kappa shape index (κ3) is 37.3. The number of carbonyl (C=O) groups is 4. The van der Waals surface area contributed by atoms with Crippen LogP contribution in [0.5, 0.6) is 0 Å². The van der Waals surface area contributed by atoms with Gasteiger partial charge in [-0.2, -0.15) is 0 Å². The van der Waals surface area contributed by atoms with Crippen LogP contribution in [0, 0.1) is 27.7 Å². The van der Waals surface area contributed by atoms with Gasteiger partial charge in [0.25, 0.3) is 0 Å². The quantitative estimate of drug-likeness (QED) is 0.0709. The number of carboxylic acids is 2. The van der Waals surface area contributed by atoms with Crippen LogP contribution in [-0.2, 0) is 41.9 Å². The molecule has 2 rings (SSSR count). The van der Waals surface area contributed by atoms with Gasteiger partial charge in [0, 0.05) is 12.2 Å². The van der Waals surface area contributed by atoms with E-state index in [-0.39, 0.29) is 37.1 Å². The third-order valence-electron chi connectivity index (χ3n) is 6.42. The second-order valence-corrected chi connectivity index (χ2v) is 11.0. The normalized spacial score (nSPS) is 9.92. The summed E-state index contributed by atoms with van der Waals surface area (Å²) in [6.45, 7) is 16.2. The Morgan fingerprint density at radius 3 is 1.12 bits per heavy atom. The maximum atomic E-state index is 11.0. The predicted octanol–water partition coefficient (Wildman–Crippen LogP) is 6.67. The number of aryl methyl sites for hydroxylation is 2. The summed E-state index contributed by atoms with van der Waals surface area (Å²) in [5.41, 5.74) is 3.93. The number of aliphatic carboxylic acids is 2. The van der Waals surface area contributed by atoms with Crippen LogP contribution >= 0.6 is 0 Å². The summed E-state index contributed by atoms with van der Waals surface area (Å²) < 4.78 is 9.60. The SMILES string of the molecule is Cc1ccc(COC(=O)/C=C\C(=O)[O-])cc1.Cc1ccc(COC(=O)/C=C\C(=O)[O-])cc1.[CH2]CCCCCCC.[CH2]CCCCCCC.[Sn+2]. The van der Waals surface area contributed by atoms with E-state index in [1.165, 1.54) is 64.2 Å². The minimum absolute atomic E-state index is 0. The molecule has 0 bridgehead atoms. The van der Waals surface area contributed by atoms with Gasteiger partial charge < -0.3 is 29.3 Å². The van der Waals surface area contributed by atoms with Crippen LogP contribution in [0.2, 0.25) is 0 Å². The molecule has 0 saturated heterocycles. The van der Waals surface area contributed by atoms with E-state index in [1.807, 2.05) is 62.4 Å². The number of unbranched alkanes of at least 4 members (excludes halogenated alkanes) is 10. The average molecular weight is 784 g/mol. The number of carboxylic acid groups (broad SMARTS) is 2. The molecule has 49 heavy (non-hydrogen) atoms. The summed E-state index contributed by atoms with van der Waals surface area (Å²) in [5.74, 6) is -4.26. The van der Waals surface area contributed by atoms with Crippen molar-refractivity contribution < 1.29 is 38.9 Å². The summed E-state index contributed by atoms with van der Waals surface area (Å²) >= 11 is 0. The average Bonchev–Trinajstić information content (AvgIpc) is 3.07. The van der Waals surface area contributed by atoms with Gasteiger partial charge in [-0.1, -0.05) is 164 Å². The molecule has 8 nitrogen and oxygen atoms in total. The first kappa shape index (κ1) is 50.0. The standard InChI is InChI=1S/2C12H12O4.2C8H17.Sn/c2*1-9-2-4-10(5-3-9)8-16-12(15)7-6-11(13)14;2*1-3-5-7-8-6-4-2;/h2*2-7H,8H2,1H3,(H,13,14);2*1,3-8H2,2H3;/q;;;;+2/p-2/b2*7-6-;;;. The molecular formula is C40H56O8Sn. The van der Waals surface area contributed by atoms with E-state index in [4.69, 9.17) is 9.47 Å². The van der Waals surface area contributed by atoms with Gasteiger partial charge >= 0.3 is 35.8 Å². The van der Waals surface area contributed by atoms with Gasteiger partial charge in [0.2, 0.25) is 0 Å². The molecule has 0 unspecified atom stereocenters. The Balaban J connectivity index is -0.000000603. The summed E-state index contributed by atoms with van der Waals surface area (Å²) in [7, 11) is 0. The van der Waals surface area contributed by atoms with E-state index >= 15 is 0 Å². The zero-order chi connectivity index (χ0) is 36.4. The number of esters is 2.